The van der Waals surface area contributed by atoms with Crippen LogP contribution in [0.15, 0.2) is 24.3 Å². The zero-order valence-corrected chi connectivity index (χ0v) is 18.8. The lowest BCUT2D eigenvalue weighted by atomic mass is 9.95. The second-order valence-electron chi connectivity index (χ2n) is 7.86. The summed E-state index contributed by atoms with van der Waals surface area (Å²) in [4.78, 5) is 9.12. The quantitative estimate of drug-likeness (QED) is 0.313. The van der Waals surface area contributed by atoms with Gasteiger partial charge in [0.2, 0.25) is 0 Å². The highest BCUT2D eigenvalue weighted by Gasteiger charge is 2.15. The van der Waals surface area contributed by atoms with Gasteiger partial charge in [-0.3, -0.25) is 0 Å². The van der Waals surface area contributed by atoms with E-state index in [2.05, 4.69) is 52.0 Å². The van der Waals surface area contributed by atoms with E-state index in [1.165, 1.54) is 43.2 Å². The molecule has 1 aromatic carbocycles. The molecule has 0 spiro atoms. The Kier molecular flexibility index (Phi) is 14.1. The summed E-state index contributed by atoms with van der Waals surface area (Å²) in [6.07, 6.45) is 11.2. The van der Waals surface area contributed by atoms with Crippen LogP contribution in [0.4, 0.5) is 0 Å². The smallest absolute Gasteiger partial charge is 0.328 e. The minimum atomic E-state index is -1.60. The normalized spacial score (nSPS) is 14.6. The van der Waals surface area contributed by atoms with E-state index in [-0.39, 0.29) is 0 Å². The minimum absolute atomic E-state index is 0.602. The molecule has 4 heteroatoms. The van der Waals surface area contributed by atoms with Gasteiger partial charge in [0.05, 0.1) is 13.2 Å². The van der Waals surface area contributed by atoms with Crippen LogP contribution >= 0.6 is 8.60 Å². The number of hydrogen-bond donors (Lipinski definition) is 1. The molecule has 0 bridgehead atoms. The lowest BCUT2D eigenvalue weighted by molar-refractivity contribution is 0.196. The molecule has 0 aliphatic heterocycles. The third-order valence-corrected chi connectivity index (χ3v) is 5.85. The Hall–Kier alpha value is -0.470. The highest BCUT2D eigenvalue weighted by atomic mass is 31.2. The molecular formula is C23H41O3P. The summed E-state index contributed by atoms with van der Waals surface area (Å²) in [6.45, 7) is 9.88. The Morgan fingerprint density at radius 1 is 0.963 bits per heavy atom. The van der Waals surface area contributed by atoms with Crippen molar-refractivity contribution in [2.24, 2.45) is 5.92 Å². The van der Waals surface area contributed by atoms with Crippen molar-refractivity contribution < 1.29 is 13.9 Å². The van der Waals surface area contributed by atoms with Crippen molar-refractivity contribution in [1.82, 2.24) is 0 Å². The first-order valence-corrected chi connectivity index (χ1v) is 12.0. The van der Waals surface area contributed by atoms with Gasteiger partial charge in [-0.2, -0.15) is 0 Å². The van der Waals surface area contributed by atoms with Crippen molar-refractivity contribution in [3.05, 3.63) is 35.4 Å². The van der Waals surface area contributed by atoms with Gasteiger partial charge in [-0.15, -0.1) is 0 Å². The summed E-state index contributed by atoms with van der Waals surface area (Å²) in [5.74, 6) is 1.63. The highest BCUT2D eigenvalue weighted by Crippen LogP contribution is 2.33. The van der Waals surface area contributed by atoms with Gasteiger partial charge < -0.3 is 13.9 Å². The fraction of sp³-hybridized carbons (Fsp3) is 0.739. The van der Waals surface area contributed by atoms with Gasteiger partial charge in [0, 0.05) is 0 Å². The zero-order valence-electron chi connectivity index (χ0n) is 18.0. The Bertz CT molecular complexity index is 445. The molecule has 156 valence electrons. The largest absolute Gasteiger partial charge is 0.329 e. The third kappa shape index (κ3) is 11.9. The Balaban J connectivity index is 0.000000279. The van der Waals surface area contributed by atoms with E-state index in [0.29, 0.717) is 19.1 Å². The number of unbranched alkanes of at least 4 members (excludes halogenated alkanes) is 2. The Labute approximate surface area is 168 Å². The van der Waals surface area contributed by atoms with Crippen LogP contribution in [0.5, 0.6) is 0 Å². The molecule has 0 saturated heterocycles. The lowest BCUT2D eigenvalue weighted by Gasteiger charge is -2.10. The highest BCUT2D eigenvalue weighted by molar-refractivity contribution is 7.40. The summed E-state index contributed by atoms with van der Waals surface area (Å²) in [6, 6.07) is 9.26. The fourth-order valence-electron chi connectivity index (χ4n) is 3.20. The third-order valence-electron chi connectivity index (χ3n) is 5.04. The summed E-state index contributed by atoms with van der Waals surface area (Å²) in [5, 5.41) is 0. The van der Waals surface area contributed by atoms with Crippen molar-refractivity contribution in [1.29, 1.82) is 0 Å². The second kappa shape index (κ2) is 15.5. The predicted molar refractivity (Wildman–Crippen MR) is 117 cm³/mol. The minimum Gasteiger partial charge on any atom is -0.328 e. The summed E-state index contributed by atoms with van der Waals surface area (Å²) in [5.41, 5.74) is 3.00. The van der Waals surface area contributed by atoms with Crippen molar-refractivity contribution in [2.75, 3.05) is 13.2 Å². The van der Waals surface area contributed by atoms with Crippen LogP contribution in [0.3, 0.4) is 0 Å². The molecule has 0 amide bonds. The van der Waals surface area contributed by atoms with Gasteiger partial charge in [-0.25, -0.2) is 0 Å². The molecular weight excluding hydrogens is 355 g/mol. The van der Waals surface area contributed by atoms with Crippen LogP contribution in [0.25, 0.3) is 0 Å². The summed E-state index contributed by atoms with van der Waals surface area (Å²) >= 11 is 0. The average Bonchev–Trinajstić information content (AvgIpc) is 3.16. The van der Waals surface area contributed by atoms with Crippen LogP contribution in [0.2, 0.25) is 0 Å². The van der Waals surface area contributed by atoms with Crippen LogP contribution in [0, 0.1) is 5.92 Å². The molecule has 2 rings (SSSR count). The molecule has 1 aliphatic carbocycles. The van der Waals surface area contributed by atoms with Crippen molar-refractivity contribution in [2.45, 2.75) is 91.4 Å². The number of hydrogen-bond acceptors (Lipinski definition) is 3. The molecule has 0 heterocycles. The number of rotatable bonds is 11. The van der Waals surface area contributed by atoms with E-state index >= 15 is 0 Å². The van der Waals surface area contributed by atoms with E-state index in [1.54, 1.807) is 0 Å². The molecule has 0 unspecified atom stereocenters. The predicted octanol–water partition coefficient (Wildman–Crippen LogP) is 7.38. The SMILES string of the molecule is CC(C)c1ccc(CC2CCCC2)cc1.CCCCOP(O)OCCCC. The van der Waals surface area contributed by atoms with Gasteiger partial charge in [0.15, 0.2) is 0 Å². The van der Waals surface area contributed by atoms with Crippen LogP contribution in [0.1, 0.15) is 96.1 Å². The summed E-state index contributed by atoms with van der Waals surface area (Å²) in [7, 11) is -1.60. The van der Waals surface area contributed by atoms with Gasteiger partial charge in [-0.1, -0.05) is 90.5 Å². The topological polar surface area (TPSA) is 38.7 Å². The Morgan fingerprint density at radius 2 is 1.48 bits per heavy atom. The standard InChI is InChI=1S/C15H22.C8H19O3P/c1-12(2)15-9-7-14(8-10-15)11-13-5-3-4-6-13;1-3-5-7-10-12(9)11-8-6-4-2/h7-10,12-13H,3-6,11H2,1-2H3;9H,3-8H2,1-2H3. The van der Waals surface area contributed by atoms with Gasteiger partial charge in [-0.05, 0) is 42.2 Å². The first-order valence-electron chi connectivity index (χ1n) is 10.9. The van der Waals surface area contributed by atoms with Crippen LogP contribution in [-0.4, -0.2) is 18.1 Å². The molecule has 1 N–H and O–H groups in total. The number of benzene rings is 1. The fourth-order valence-corrected chi connectivity index (χ4v) is 3.84. The molecule has 1 saturated carbocycles. The van der Waals surface area contributed by atoms with E-state index in [9.17, 15) is 0 Å². The molecule has 1 aliphatic rings. The molecule has 1 fully saturated rings. The summed E-state index contributed by atoms with van der Waals surface area (Å²) < 4.78 is 10.1. The second-order valence-corrected chi connectivity index (χ2v) is 8.85. The van der Waals surface area contributed by atoms with E-state index in [1.807, 2.05) is 0 Å². The van der Waals surface area contributed by atoms with Gasteiger partial charge >= 0.3 is 8.60 Å². The molecule has 0 aromatic heterocycles. The first-order chi connectivity index (χ1) is 13.1. The van der Waals surface area contributed by atoms with Crippen molar-refractivity contribution >= 4 is 8.60 Å². The molecule has 0 atom stereocenters. The zero-order chi connectivity index (χ0) is 19.9. The van der Waals surface area contributed by atoms with E-state index in [4.69, 9.17) is 13.9 Å². The molecule has 27 heavy (non-hydrogen) atoms. The average molecular weight is 397 g/mol. The van der Waals surface area contributed by atoms with Crippen molar-refractivity contribution in [3.8, 4) is 0 Å². The van der Waals surface area contributed by atoms with Crippen molar-refractivity contribution in [3.63, 3.8) is 0 Å². The maximum atomic E-state index is 9.12. The molecule has 3 nitrogen and oxygen atoms in total. The van der Waals surface area contributed by atoms with Gasteiger partial charge in [0.1, 0.15) is 0 Å². The lowest BCUT2D eigenvalue weighted by Crippen LogP contribution is -1.98. The first kappa shape index (κ1) is 24.6. The maximum Gasteiger partial charge on any atom is 0.329 e. The monoisotopic (exact) mass is 396 g/mol. The van der Waals surface area contributed by atoms with Gasteiger partial charge in [0.25, 0.3) is 0 Å². The Morgan fingerprint density at radius 3 is 1.93 bits per heavy atom. The molecule has 1 aromatic rings. The van der Waals surface area contributed by atoms with Crippen LogP contribution < -0.4 is 0 Å². The maximum absolute atomic E-state index is 9.12. The van der Waals surface area contributed by atoms with Crippen LogP contribution in [-0.2, 0) is 15.5 Å². The molecule has 0 radical (unpaired) electrons. The van der Waals surface area contributed by atoms with E-state index < -0.39 is 8.60 Å². The van der Waals surface area contributed by atoms with E-state index in [0.717, 1.165) is 31.6 Å².